The van der Waals surface area contributed by atoms with Gasteiger partial charge >= 0.3 is 5.97 Å². The average molecular weight is 456 g/mol. The zero-order chi connectivity index (χ0) is 22.3. The van der Waals surface area contributed by atoms with E-state index in [4.69, 9.17) is 9.47 Å². The minimum absolute atomic E-state index is 0.0927. The molecule has 10 heteroatoms. The lowest BCUT2D eigenvalue weighted by Crippen LogP contribution is -2.32. The number of rotatable bonds is 6. The van der Waals surface area contributed by atoms with Crippen LogP contribution in [0.4, 0.5) is 0 Å². The van der Waals surface area contributed by atoms with Crippen molar-refractivity contribution in [2.45, 2.75) is 58.4 Å². The molecular formula is C21H33N3O6S. The van der Waals surface area contributed by atoms with E-state index < -0.39 is 21.7 Å². The first kappa shape index (κ1) is 23.7. The Bertz CT molecular complexity index is 880. The van der Waals surface area contributed by atoms with Crippen molar-refractivity contribution in [3.05, 3.63) is 17.0 Å². The minimum atomic E-state index is -3.14. The summed E-state index contributed by atoms with van der Waals surface area (Å²) < 4.78 is 36.3. The first-order valence-electron chi connectivity index (χ1n) is 11.2. The molecule has 1 aromatic heterocycles. The predicted molar refractivity (Wildman–Crippen MR) is 115 cm³/mol. The van der Waals surface area contributed by atoms with E-state index in [0.29, 0.717) is 64.0 Å². The first-order chi connectivity index (χ1) is 14.9. The molecule has 3 heterocycles. The van der Waals surface area contributed by atoms with E-state index in [0.717, 1.165) is 24.2 Å². The van der Waals surface area contributed by atoms with Gasteiger partial charge in [-0.15, -0.1) is 0 Å². The van der Waals surface area contributed by atoms with Gasteiger partial charge in [0.15, 0.2) is 9.84 Å². The third-order valence-corrected chi connectivity index (χ3v) is 7.52. The van der Waals surface area contributed by atoms with Gasteiger partial charge in [-0.25, -0.2) is 8.42 Å². The monoisotopic (exact) mass is 455 g/mol. The largest absolute Gasteiger partial charge is 0.465 e. The van der Waals surface area contributed by atoms with Crippen molar-refractivity contribution in [1.82, 2.24) is 15.1 Å². The molecule has 0 radical (unpaired) electrons. The Labute approximate surface area is 183 Å². The van der Waals surface area contributed by atoms with Gasteiger partial charge in [0.05, 0.1) is 41.0 Å². The zero-order valence-electron chi connectivity index (χ0n) is 18.2. The number of ether oxygens (including phenoxy) is 2. The van der Waals surface area contributed by atoms with E-state index in [1.165, 1.54) is 0 Å². The summed E-state index contributed by atoms with van der Waals surface area (Å²) in [5.41, 5.74) is 2.33. The van der Waals surface area contributed by atoms with Gasteiger partial charge in [-0.1, -0.05) is 6.92 Å². The lowest BCUT2D eigenvalue weighted by atomic mass is 10.1. The highest BCUT2D eigenvalue weighted by Gasteiger charge is 2.31. The SMILES string of the molecule is CCc1nn(CCCOC(=O)C2CCCS(=O)(=O)C2)c2c1C(=O)NCCCOCCC2. The Morgan fingerprint density at radius 3 is 2.87 bits per heavy atom. The smallest absolute Gasteiger partial charge is 0.309 e. The molecule has 174 valence electrons. The summed E-state index contributed by atoms with van der Waals surface area (Å²) in [6.45, 7) is 4.54. The Kier molecular flexibility index (Phi) is 8.48. The standard InChI is InChI=1S/C21H33N3O6S/c1-2-17-19-18(8-3-11-29-12-5-9-22-20(19)25)24(23-17)10-6-13-30-21(26)16-7-4-14-31(27,28)15-16/h16H,2-15H2,1H3,(H,22,25). The van der Waals surface area contributed by atoms with Crippen LogP contribution >= 0.6 is 0 Å². The van der Waals surface area contributed by atoms with E-state index in [1.807, 2.05) is 11.6 Å². The van der Waals surface area contributed by atoms with Gasteiger partial charge in [-0.2, -0.15) is 5.10 Å². The molecule has 1 fully saturated rings. The lowest BCUT2D eigenvalue weighted by Gasteiger charge is -2.20. The summed E-state index contributed by atoms with van der Waals surface area (Å²) in [6, 6.07) is 0. The number of carbonyl (C=O) groups is 2. The highest BCUT2D eigenvalue weighted by atomic mass is 32.2. The number of hydrogen-bond donors (Lipinski definition) is 1. The van der Waals surface area contributed by atoms with Gasteiger partial charge in [0, 0.05) is 32.7 Å². The number of amides is 1. The highest BCUT2D eigenvalue weighted by molar-refractivity contribution is 7.91. The quantitative estimate of drug-likeness (QED) is 0.507. The van der Waals surface area contributed by atoms with E-state index in [9.17, 15) is 18.0 Å². The number of aromatic nitrogens is 2. The molecule has 0 aromatic carbocycles. The predicted octanol–water partition coefficient (Wildman–Crippen LogP) is 1.29. The van der Waals surface area contributed by atoms with Crippen LogP contribution in [0.2, 0.25) is 0 Å². The van der Waals surface area contributed by atoms with Crippen molar-refractivity contribution in [2.24, 2.45) is 5.92 Å². The Morgan fingerprint density at radius 2 is 2.10 bits per heavy atom. The topological polar surface area (TPSA) is 117 Å². The summed E-state index contributed by atoms with van der Waals surface area (Å²) in [7, 11) is -3.14. The molecule has 1 aromatic rings. The summed E-state index contributed by atoms with van der Waals surface area (Å²) in [5.74, 6) is -1.05. The molecule has 0 aliphatic carbocycles. The molecule has 0 bridgehead atoms. The third-order valence-electron chi connectivity index (χ3n) is 5.70. The first-order valence-corrected chi connectivity index (χ1v) is 13.0. The van der Waals surface area contributed by atoms with Crippen molar-refractivity contribution in [2.75, 3.05) is 37.9 Å². The molecule has 9 nitrogen and oxygen atoms in total. The molecule has 3 rings (SSSR count). The molecule has 1 saturated heterocycles. The molecule has 2 aliphatic heterocycles. The van der Waals surface area contributed by atoms with Crippen LogP contribution in [0.1, 0.15) is 60.8 Å². The number of nitrogens with one attached hydrogen (secondary N) is 1. The lowest BCUT2D eigenvalue weighted by molar-refractivity contribution is -0.148. The second-order valence-electron chi connectivity index (χ2n) is 8.15. The van der Waals surface area contributed by atoms with Crippen LogP contribution in [-0.2, 0) is 43.5 Å². The van der Waals surface area contributed by atoms with Crippen molar-refractivity contribution in [3.8, 4) is 0 Å². The van der Waals surface area contributed by atoms with E-state index in [2.05, 4.69) is 10.4 Å². The van der Waals surface area contributed by atoms with Crippen LogP contribution in [0.15, 0.2) is 0 Å². The van der Waals surface area contributed by atoms with Gasteiger partial charge in [0.1, 0.15) is 0 Å². The number of fused-ring (bicyclic) bond motifs is 1. The number of sulfone groups is 1. The molecule has 1 amide bonds. The number of aryl methyl sites for hydroxylation is 2. The summed E-state index contributed by atoms with van der Waals surface area (Å²) in [5, 5.41) is 7.61. The van der Waals surface area contributed by atoms with Crippen LogP contribution < -0.4 is 5.32 Å². The molecule has 1 unspecified atom stereocenters. The van der Waals surface area contributed by atoms with Crippen LogP contribution in [0.25, 0.3) is 0 Å². The van der Waals surface area contributed by atoms with Gasteiger partial charge in [-0.05, 0) is 38.5 Å². The fraction of sp³-hybridized carbons (Fsp3) is 0.762. The molecule has 2 aliphatic rings. The van der Waals surface area contributed by atoms with Crippen molar-refractivity contribution in [1.29, 1.82) is 0 Å². The van der Waals surface area contributed by atoms with Crippen LogP contribution in [0, 0.1) is 5.92 Å². The average Bonchev–Trinajstić information content (AvgIpc) is 3.07. The third kappa shape index (κ3) is 6.52. The molecule has 31 heavy (non-hydrogen) atoms. The number of carbonyl (C=O) groups excluding carboxylic acids is 2. The second-order valence-corrected chi connectivity index (χ2v) is 10.4. The normalized spacial score (nSPS) is 22.1. The molecule has 1 atom stereocenters. The zero-order valence-corrected chi connectivity index (χ0v) is 19.0. The maximum Gasteiger partial charge on any atom is 0.309 e. The van der Waals surface area contributed by atoms with Gasteiger partial charge in [-0.3, -0.25) is 14.3 Å². The Balaban J connectivity index is 1.61. The van der Waals surface area contributed by atoms with E-state index in [1.54, 1.807) is 0 Å². The fourth-order valence-corrected chi connectivity index (χ4v) is 5.81. The van der Waals surface area contributed by atoms with E-state index >= 15 is 0 Å². The molecule has 0 spiro atoms. The maximum atomic E-state index is 12.8. The molecule has 0 saturated carbocycles. The van der Waals surface area contributed by atoms with Crippen LogP contribution in [-0.4, -0.2) is 67.9 Å². The van der Waals surface area contributed by atoms with Gasteiger partial charge < -0.3 is 14.8 Å². The highest BCUT2D eigenvalue weighted by Crippen LogP contribution is 2.21. The fourth-order valence-electron chi connectivity index (χ4n) is 4.12. The summed E-state index contributed by atoms with van der Waals surface area (Å²) in [6.07, 6.45) is 4.54. The van der Waals surface area contributed by atoms with Crippen molar-refractivity contribution in [3.63, 3.8) is 0 Å². The Hall–Kier alpha value is -1.94. The Morgan fingerprint density at radius 1 is 1.29 bits per heavy atom. The van der Waals surface area contributed by atoms with Crippen molar-refractivity contribution < 1.29 is 27.5 Å². The van der Waals surface area contributed by atoms with Crippen molar-refractivity contribution >= 4 is 21.7 Å². The maximum absolute atomic E-state index is 12.8. The van der Waals surface area contributed by atoms with Gasteiger partial charge in [0.2, 0.25) is 0 Å². The van der Waals surface area contributed by atoms with E-state index in [-0.39, 0.29) is 24.0 Å². The van der Waals surface area contributed by atoms with Gasteiger partial charge in [0.25, 0.3) is 5.91 Å². The molecule has 1 N–H and O–H groups in total. The second kappa shape index (κ2) is 11.1. The number of nitrogens with zero attached hydrogens (tertiary/aromatic N) is 2. The summed E-state index contributed by atoms with van der Waals surface area (Å²) in [4.78, 5) is 25.0. The molecular weight excluding hydrogens is 422 g/mol. The van der Waals surface area contributed by atoms with Crippen LogP contribution in [0.3, 0.4) is 0 Å². The van der Waals surface area contributed by atoms with Crippen LogP contribution in [0.5, 0.6) is 0 Å². The summed E-state index contributed by atoms with van der Waals surface area (Å²) >= 11 is 0. The number of hydrogen-bond acceptors (Lipinski definition) is 7. The minimum Gasteiger partial charge on any atom is -0.465 e. The number of esters is 1.